The molecule has 0 spiro atoms. The van der Waals surface area contributed by atoms with Crippen molar-refractivity contribution in [1.82, 2.24) is 0 Å². The highest BCUT2D eigenvalue weighted by Crippen LogP contribution is 2.18. The zero-order valence-electron chi connectivity index (χ0n) is 12.2. The summed E-state index contributed by atoms with van der Waals surface area (Å²) in [6.45, 7) is 1.44. The van der Waals surface area contributed by atoms with Crippen LogP contribution in [0.1, 0.15) is 22.8 Å². The van der Waals surface area contributed by atoms with E-state index in [4.69, 9.17) is 21.6 Å². The Hall–Kier alpha value is -2.84. The van der Waals surface area contributed by atoms with E-state index in [2.05, 4.69) is 5.32 Å². The fourth-order valence-electron chi connectivity index (χ4n) is 1.83. The summed E-state index contributed by atoms with van der Waals surface area (Å²) >= 11 is 5.91. The average molecular weight is 329 g/mol. The van der Waals surface area contributed by atoms with Gasteiger partial charge in [-0.25, -0.2) is 4.79 Å². The molecule has 2 aromatic rings. The van der Waals surface area contributed by atoms with Gasteiger partial charge >= 0.3 is 5.97 Å². The number of nitriles is 1. The number of nitrogens with zero attached hydrogens (tertiary/aromatic N) is 1. The summed E-state index contributed by atoms with van der Waals surface area (Å²) in [6, 6.07) is 14.9. The van der Waals surface area contributed by atoms with Crippen molar-refractivity contribution in [3.05, 3.63) is 64.7 Å². The summed E-state index contributed by atoms with van der Waals surface area (Å²) in [5.41, 5.74) is 0.873. The van der Waals surface area contributed by atoms with Gasteiger partial charge in [0.25, 0.3) is 5.91 Å². The molecular formula is C17H13ClN2O3. The van der Waals surface area contributed by atoms with Crippen molar-refractivity contribution in [3.8, 4) is 6.07 Å². The number of rotatable bonds is 4. The van der Waals surface area contributed by atoms with Crippen LogP contribution in [0.25, 0.3) is 0 Å². The minimum Gasteiger partial charge on any atom is -0.449 e. The molecule has 116 valence electrons. The fraction of sp³-hybridized carbons (Fsp3) is 0.118. The van der Waals surface area contributed by atoms with E-state index in [1.54, 1.807) is 42.5 Å². The third-order valence-corrected chi connectivity index (χ3v) is 3.38. The van der Waals surface area contributed by atoms with Gasteiger partial charge in [0.2, 0.25) is 0 Å². The van der Waals surface area contributed by atoms with E-state index in [-0.39, 0.29) is 10.6 Å². The van der Waals surface area contributed by atoms with Gasteiger partial charge in [-0.15, -0.1) is 0 Å². The summed E-state index contributed by atoms with van der Waals surface area (Å²) in [5.74, 6) is -1.22. The third kappa shape index (κ3) is 4.09. The highest BCUT2D eigenvalue weighted by atomic mass is 35.5. The van der Waals surface area contributed by atoms with Crippen LogP contribution in [-0.4, -0.2) is 18.0 Å². The van der Waals surface area contributed by atoms with Crippen molar-refractivity contribution in [2.24, 2.45) is 0 Å². The van der Waals surface area contributed by atoms with Crippen LogP contribution in [0.3, 0.4) is 0 Å². The topological polar surface area (TPSA) is 79.2 Å². The summed E-state index contributed by atoms with van der Waals surface area (Å²) < 4.78 is 5.11. The first-order chi connectivity index (χ1) is 11.0. The molecule has 2 rings (SSSR count). The Bertz CT molecular complexity index is 783. The molecule has 6 heteroatoms. The van der Waals surface area contributed by atoms with Crippen LogP contribution >= 0.6 is 11.6 Å². The predicted molar refractivity (Wildman–Crippen MR) is 86.1 cm³/mol. The first kappa shape index (κ1) is 16.5. The Morgan fingerprint density at radius 1 is 1.17 bits per heavy atom. The molecule has 0 unspecified atom stereocenters. The SMILES string of the molecule is C[C@H](OC(=O)c1ccccc1Cl)C(=O)Nc1ccccc1C#N. The minimum absolute atomic E-state index is 0.186. The third-order valence-electron chi connectivity index (χ3n) is 3.05. The highest BCUT2D eigenvalue weighted by Gasteiger charge is 2.21. The molecule has 0 aromatic heterocycles. The number of para-hydroxylation sites is 1. The van der Waals surface area contributed by atoms with Crippen LogP contribution in [0, 0.1) is 11.3 Å². The van der Waals surface area contributed by atoms with Gasteiger partial charge in [-0.3, -0.25) is 4.79 Å². The highest BCUT2D eigenvalue weighted by molar-refractivity contribution is 6.33. The first-order valence-electron chi connectivity index (χ1n) is 6.78. The van der Waals surface area contributed by atoms with E-state index in [0.29, 0.717) is 11.3 Å². The predicted octanol–water partition coefficient (Wildman–Crippen LogP) is 3.40. The lowest BCUT2D eigenvalue weighted by atomic mass is 10.2. The number of benzene rings is 2. The monoisotopic (exact) mass is 328 g/mol. The Morgan fingerprint density at radius 2 is 1.83 bits per heavy atom. The van der Waals surface area contributed by atoms with Crippen LogP contribution in [0.5, 0.6) is 0 Å². The lowest BCUT2D eigenvalue weighted by Crippen LogP contribution is -2.30. The van der Waals surface area contributed by atoms with Crippen LogP contribution < -0.4 is 5.32 Å². The Morgan fingerprint density at radius 3 is 2.52 bits per heavy atom. The van der Waals surface area contributed by atoms with Crippen molar-refractivity contribution < 1.29 is 14.3 Å². The van der Waals surface area contributed by atoms with Crippen LogP contribution in [-0.2, 0) is 9.53 Å². The molecule has 0 saturated carbocycles. The van der Waals surface area contributed by atoms with Crippen LogP contribution in [0.2, 0.25) is 5.02 Å². The van der Waals surface area contributed by atoms with E-state index in [1.165, 1.54) is 13.0 Å². The molecule has 23 heavy (non-hydrogen) atoms. The molecule has 0 aliphatic rings. The second-order valence-electron chi connectivity index (χ2n) is 4.67. The second-order valence-corrected chi connectivity index (χ2v) is 5.08. The number of hydrogen-bond donors (Lipinski definition) is 1. The number of anilines is 1. The molecule has 0 aliphatic heterocycles. The van der Waals surface area contributed by atoms with E-state index in [9.17, 15) is 9.59 Å². The maximum atomic E-state index is 12.1. The van der Waals surface area contributed by atoms with Crippen LogP contribution in [0.4, 0.5) is 5.69 Å². The largest absolute Gasteiger partial charge is 0.449 e. The van der Waals surface area contributed by atoms with Crippen molar-refractivity contribution in [2.45, 2.75) is 13.0 Å². The van der Waals surface area contributed by atoms with Gasteiger partial charge in [0.15, 0.2) is 6.10 Å². The number of hydrogen-bond acceptors (Lipinski definition) is 4. The van der Waals surface area contributed by atoms with Crippen molar-refractivity contribution in [1.29, 1.82) is 5.26 Å². The molecule has 5 nitrogen and oxygen atoms in total. The second kappa shape index (κ2) is 7.43. The first-order valence-corrected chi connectivity index (χ1v) is 7.16. The van der Waals surface area contributed by atoms with Gasteiger partial charge in [0.05, 0.1) is 21.8 Å². The van der Waals surface area contributed by atoms with E-state index in [1.807, 2.05) is 6.07 Å². The number of carbonyl (C=O) groups excluding carboxylic acids is 2. The van der Waals surface area contributed by atoms with Gasteiger partial charge in [0, 0.05) is 0 Å². The number of halogens is 1. The fourth-order valence-corrected chi connectivity index (χ4v) is 2.04. The molecular weight excluding hydrogens is 316 g/mol. The van der Waals surface area contributed by atoms with E-state index >= 15 is 0 Å². The normalized spacial score (nSPS) is 11.2. The molecule has 0 saturated heterocycles. The molecule has 0 heterocycles. The molecule has 2 aromatic carbocycles. The summed E-state index contributed by atoms with van der Waals surface area (Å²) in [7, 11) is 0. The molecule has 0 aliphatic carbocycles. The van der Waals surface area contributed by atoms with Crippen molar-refractivity contribution in [3.63, 3.8) is 0 Å². The average Bonchev–Trinajstić information content (AvgIpc) is 2.55. The number of nitrogens with one attached hydrogen (secondary N) is 1. The Labute approximate surface area is 138 Å². The van der Waals surface area contributed by atoms with E-state index in [0.717, 1.165) is 0 Å². The van der Waals surface area contributed by atoms with Gasteiger partial charge in [-0.05, 0) is 31.2 Å². The summed E-state index contributed by atoms with van der Waals surface area (Å²) in [4.78, 5) is 24.1. The minimum atomic E-state index is -1.04. The molecule has 1 N–H and O–H groups in total. The zero-order chi connectivity index (χ0) is 16.8. The maximum absolute atomic E-state index is 12.1. The quantitative estimate of drug-likeness (QED) is 0.872. The number of esters is 1. The zero-order valence-corrected chi connectivity index (χ0v) is 13.0. The molecule has 0 fully saturated rings. The Kier molecular flexibility index (Phi) is 5.34. The summed E-state index contributed by atoms with van der Waals surface area (Å²) in [6.07, 6.45) is -1.04. The van der Waals surface area contributed by atoms with Gasteiger partial charge in [-0.1, -0.05) is 35.9 Å². The summed E-state index contributed by atoms with van der Waals surface area (Å²) in [5, 5.41) is 11.8. The molecule has 1 atom stereocenters. The number of ether oxygens (including phenoxy) is 1. The number of carbonyl (C=O) groups is 2. The smallest absolute Gasteiger partial charge is 0.340 e. The van der Waals surface area contributed by atoms with E-state index < -0.39 is 18.0 Å². The maximum Gasteiger partial charge on any atom is 0.340 e. The lowest BCUT2D eigenvalue weighted by molar-refractivity contribution is -0.123. The molecule has 0 bridgehead atoms. The lowest BCUT2D eigenvalue weighted by Gasteiger charge is -2.14. The Balaban J connectivity index is 2.05. The molecule has 1 amide bonds. The standard InChI is InChI=1S/C17H13ClN2O3/c1-11(23-17(22)13-7-3-4-8-14(13)18)16(21)20-15-9-5-2-6-12(15)10-19/h2-9,11H,1H3,(H,20,21)/t11-/m0/s1. The van der Waals surface area contributed by atoms with Gasteiger partial charge in [0.1, 0.15) is 6.07 Å². The molecule has 0 radical (unpaired) electrons. The van der Waals surface area contributed by atoms with Crippen molar-refractivity contribution >= 4 is 29.2 Å². The van der Waals surface area contributed by atoms with Gasteiger partial charge < -0.3 is 10.1 Å². The van der Waals surface area contributed by atoms with Gasteiger partial charge in [-0.2, -0.15) is 5.26 Å². The number of amides is 1. The van der Waals surface area contributed by atoms with Crippen molar-refractivity contribution in [2.75, 3.05) is 5.32 Å². The van der Waals surface area contributed by atoms with Crippen LogP contribution in [0.15, 0.2) is 48.5 Å².